The second kappa shape index (κ2) is 20.8. The molecule has 4 nitrogen and oxygen atoms in total. The fourth-order valence-electron chi connectivity index (χ4n) is 10.5. The number of benzene rings is 7. The van der Waals surface area contributed by atoms with Crippen molar-refractivity contribution in [1.82, 2.24) is 9.97 Å². The number of halogens is 1. The van der Waals surface area contributed by atoms with Crippen LogP contribution in [-0.2, 0) is 41.8 Å². The zero-order valence-electron chi connectivity index (χ0n) is 47.2. The minimum absolute atomic E-state index is 0. The molecule has 0 saturated carbocycles. The zero-order valence-corrected chi connectivity index (χ0v) is 49.6. The number of aryl methyl sites for hydroxylation is 2. The van der Waals surface area contributed by atoms with E-state index in [1.807, 2.05) is 50.5 Å². The SMILES string of the molecule is CC(C)(C)c1ccc(N2c3ccc(C(C)(C)C)cc3B3c4cc(C(C)(C)C)ccc4N(c4ccc(C(C)(C)C)cc4)c4cc(-c5ccc(-c6[c-]cccc6)nc5)cc2c43)cc1.Cc1cnc(-c2[c-]cc(F)cc2)cc1C.[Ir]. The van der Waals surface area contributed by atoms with E-state index < -0.39 is 0 Å². The Hall–Kier alpha value is -6.92. The van der Waals surface area contributed by atoms with E-state index in [-0.39, 0.29) is 54.3 Å². The molecule has 4 heterocycles. The van der Waals surface area contributed by atoms with Crippen molar-refractivity contribution >= 4 is 57.2 Å². The molecule has 9 aromatic rings. The smallest absolute Gasteiger partial charge is 0.252 e. The van der Waals surface area contributed by atoms with Gasteiger partial charge in [0.05, 0.1) is 0 Å². The van der Waals surface area contributed by atoms with Crippen LogP contribution in [0.15, 0.2) is 170 Å². The van der Waals surface area contributed by atoms with E-state index >= 15 is 0 Å². The minimum Gasteiger partial charge on any atom is -0.311 e. The molecule has 2 aromatic heterocycles. The normalized spacial score (nSPS) is 12.9. The molecule has 0 atom stereocenters. The third-order valence-electron chi connectivity index (χ3n) is 15.3. The molecule has 0 fully saturated rings. The first-order chi connectivity index (χ1) is 35.9. The van der Waals surface area contributed by atoms with Gasteiger partial charge in [-0.3, -0.25) is 4.39 Å². The van der Waals surface area contributed by atoms with Gasteiger partial charge in [-0.05, 0) is 151 Å². The third kappa shape index (κ3) is 11.0. The zero-order chi connectivity index (χ0) is 54.1. The van der Waals surface area contributed by atoms with Gasteiger partial charge in [-0.15, -0.1) is 65.7 Å². The van der Waals surface area contributed by atoms with Crippen molar-refractivity contribution in [3.63, 3.8) is 0 Å². The van der Waals surface area contributed by atoms with E-state index in [1.54, 1.807) is 6.07 Å². The maximum atomic E-state index is 12.7. The summed E-state index contributed by atoms with van der Waals surface area (Å²) >= 11 is 0. The second-order valence-electron chi connectivity index (χ2n) is 25.0. The topological polar surface area (TPSA) is 32.3 Å². The predicted octanol–water partition coefficient (Wildman–Crippen LogP) is 16.8. The molecule has 0 N–H and O–H groups in total. The molecule has 7 heteroatoms. The van der Waals surface area contributed by atoms with Crippen molar-refractivity contribution in [2.75, 3.05) is 9.80 Å². The molecule has 2 aliphatic heterocycles. The molecule has 391 valence electrons. The van der Waals surface area contributed by atoms with Crippen LogP contribution in [-0.4, -0.2) is 16.7 Å². The molecule has 7 aromatic carbocycles. The van der Waals surface area contributed by atoms with Gasteiger partial charge >= 0.3 is 0 Å². The van der Waals surface area contributed by atoms with E-state index in [9.17, 15) is 4.39 Å². The summed E-state index contributed by atoms with van der Waals surface area (Å²) in [5.41, 5.74) is 24.6. The number of pyridine rings is 2. The first kappa shape index (κ1) is 54.9. The van der Waals surface area contributed by atoms with Crippen molar-refractivity contribution < 1.29 is 24.5 Å². The van der Waals surface area contributed by atoms with Crippen molar-refractivity contribution in [3.05, 3.63) is 221 Å². The van der Waals surface area contributed by atoms with Crippen LogP contribution in [0.3, 0.4) is 0 Å². The molecule has 0 unspecified atom stereocenters. The Bertz CT molecular complexity index is 3430. The van der Waals surface area contributed by atoms with Gasteiger partial charge in [-0.1, -0.05) is 155 Å². The summed E-state index contributed by atoms with van der Waals surface area (Å²) in [6.45, 7) is 31.8. The first-order valence-corrected chi connectivity index (χ1v) is 26.8. The number of anilines is 6. The summed E-state index contributed by atoms with van der Waals surface area (Å²) in [6, 6.07) is 63.0. The van der Waals surface area contributed by atoms with Crippen LogP contribution in [0.2, 0.25) is 0 Å². The molecular weight excluding hydrogens is 1120 g/mol. The summed E-state index contributed by atoms with van der Waals surface area (Å²) in [4.78, 5) is 14.4. The second-order valence-corrected chi connectivity index (χ2v) is 25.0. The van der Waals surface area contributed by atoms with Crippen LogP contribution in [0.5, 0.6) is 0 Å². The van der Waals surface area contributed by atoms with Gasteiger partial charge in [0.2, 0.25) is 0 Å². The summed E-state index contributed by atoms with van der Waals surface area (Å²) in [5.74, 6) is -0.275. The minimum atomic E-state index is -0.275. The van der Waals surface area contributed by atoms with Crippen LogP contribution in [0.1, 0.15) is 116 Å². The molecule has 2 aliphatic rings. The van der Waals surface area contributed by atoms with Crippen molar-refractivity contribution in [3.8, 4) is 33.6 Å². The average Bonchev–Trinajstić information content (AvgIpc) is 3.48. The van der Waals surface area contributed by atoms with Crippen LogP contribution < -0.4 is 26.2 Å². The summed E-state index contributed by atoms with van der Waals surface area (Å²) in [7, 11) is 0. The molecular formula is C70H70BFIrN4-2. The van der Waals surface area contributed by atoms with Crippen LogP contribution >= 0.6 is 0 Å². The van der Waals surface area contributed by atoms with Gasteiger partial charge < -0.3 is 19.8 Å². The molecule has 11 rings (SSSR count). The molecule has 0 bridgehead atoms. The van der Waals surface area contributed by atoms with E-state index in [0.29, 0.717) is 0 Å². The first-order valence-electron chi connectivity index (χ1n) is 26.8. The molecule has 0 saturated heterocycles. The van der Waals surface area contributed by atoms with Crippen molar-refractivity contribution in [2.45, 2.75) is 119 Å². The Labute approximate surface area is 472 Å². The standard InChI is InChI=1S/C57H59BN3.C13H11FN.Ir/c1-54(2,3)40-19-25-44(26-20-40)60-49-30-23-42(56(7,8)9)34-46(49)58-47-35-43(57(10,11)12)24-31-50(47)61(45-27-21-41(22-28-45)55(4,5)6)52-33-39(32-51(60)53(52)58)38-18-29-48(59-36-38)37-16-14-13-15-17-37;1-9-7-13(15-8-10(9)2)11-3-5-12(14)6-4-11;/h13-16,18-36H,1-12H3;3,5-8H,1-2H3;/q2*-1;. The number of hydrogen-bond donors (Lipinski definition) is 0. The third-order valence-corrected chi connectivity index (χ3v) is 15.3. The predicted molar refractivity (Wildman–Crippen MR) is 321 cm³/mol. The van der Waals surface area contributed by atoms with E-state index in [2.05, 4.69) is 225 Å². The Morgan fingerprint density at radius 1 is 0.442 bits per heavy atom. The van der Waals surface area contributed by atoms with Crippen molar-refractivity contribution in [2.24, 2.45) is 0 Å². The maximum Gasteiger partial charge on any atom is 0.252 e. The van der Waals surface area contributed by atoms with Gasteiger partial charge in [0.15, 0.2) is 0 Å². The molecule has 1 radical (unpaired) electrons. The number of aromatic nitrogens is 2. The van der Waals surface area contributed by atoms with Crippen LogP contribution in [0.25, 0.3) is 33.6 Å². The van der Waals surface area contributed by atoms with Gasteiger partial charge in [0.1, 0.15) is 0 Å². The van der Waals surface area contributed by atoms with Crippen LogP contribution in [0, 0.1) is 31.8 Å². The maximum absolute atomic E-state index is 12.7. The Kier molecular flexibility index (Phi) is 14.8. The van der Waals surface area contributed by atoms with Crippen LogP contribution in [0.4, 0.5) is 38.5 Å². The summed E-state index contributed by atoms with van der Waals surface area (Å²) in [6.07, 6.45) is 3.85. The largest absolute Gasteiger partial charge is 0.311 e. The Morgan fingerprint density at radius 3 is 1.36 bits per heavy atom. The molecule has 0 amide bonds. The quantitative estimate of drug-likeness (QED) is 0.127. The van der Waals surface area contributed by atoms with Gasteiger partial charge in [-0.25, -0.2) is 0 Å². The van der Waals surface area contributed by atoms with Crippen molar-refractivity contribution in [1.29, 1.82) is 0 Å². The fourth-order valence-corrected chi connectivity index (χ4v) is 10.5. The number of rotatable bonds is 5. The van der Waals surface area contributed by atoms with Gasteiger partial charge in [-0.2, -0.15) is 0 Å². The molecule has 77 heavy (non-hydrogen) atoms. The monoisotopic (exact) mass is 1190 g/mol. The Balaban J connectivity index is 0.000000388. The van der Waals surface area contributed by atoms with E-state index in [4.69, 9.17) is 4.98 Å². The molecule has 0 spiro atoms. The fraction of sp³-hybridized carbons (Fsp3) is 0.257. The van der Waals surface area contributed by atoms with Gasteiger partial charge in [0, 0.05) is 72.4 Å². The summed E-state index contributed by atoms with van der Waals surface area (Å²) in [5, 5.41) is 0. The van der Waals surface area contributed by atoms with E-state index in [1.165, 1.54) is 79.1 Å². The average molecular weight is 1190 g/mol. The Morgan fingerprint density at radius 2 is 0.935 bits per heavy atom. The number of hydrogen-bond acceptors (Lipinski definition) is 4. The van der Waals surface area contributed by atoms with E-state index in [0.717, 1.165) is 50.6 Å². The molecule has 0 aliphatic carbocycles. The number of fused-ring (bicyclic) bond motifs is 4. The van der Waals surface area contributed by atoms with Gasteiger partial charge in [0.25, 0.3) is 6.71 Å². The summed E-state index contributed by atoms with van der Waals surface area (Å²) < 4.78 is 12.7. The number of nitrogens with zero attached hydrogens (tertiary/aromatic N) is 4.